The summed E-state index contributed by atoms with van der Waals surface area (Å²) in [6.07, 6.45) is 0. The number of para-hydroxylation sites is 1. The number of amides is 3. The number of carbonyl (C=O) groups is 3. The van der Waals surface area contributed by atoms with Gasteiger partial charge in [-0.25, -0.2) is 4.90 Å². The molecule has 2 N–H and O–H groups in total. The van der Waals surface area contributed by atoms with E-state index in [1.807, 2.05) is 30.3 Å². The number of hydrogen-bond donors (Lipinski definition) is 2. The predicted molar refractivity (Wildman–Crippen MR) is 119 cm³/mol. The summed E-state index contributed by atoms with van der Waals surface area (Å²) in [5.74, 6) is -1.41. The van der Waals surface area contributed by atoms with Gasteiger partial charge in [0.15, 0.2) is 0 Å². The highest BCUT2D eigenvalue weighted by molar-refractivity contribution is 6.53. The molecule has 1 heterocycles. The summed E-state index contributed by atoms with van der Waals surface area (Å²) in [5.41, 5.74) is 2.27. The van der Waals surface area contributed by atoms with Crippen molar-refractivity contribution in [2.45, 2.75) is 6.54 Å². The zero-order valence-corrected chi connectivity index (χ0v) is 17.1. The number of halogens is 1. The van der Waals surface area contributed by atoms with Gasteiger partial charge in [0, 0.05) is 17.8 Å². The first kappa shape index (κ1) is 20.4. The predicted octanol–water partition coefficient (Wildman–Crippen LogP) is 4.05. The summed E-state index contributed by atoms with van der Waals surface area (Å²) in [5, 5.41) is 5.55. The Labute approximate surface area is 184 Å². The van der Waals surface area contributed by atoms with Crippen molar-refractivity contribution in [3.05, 3.63) is 107 Å². The molecule has 0 fully saturated rings. The van der Waals surface area contributed by atoms with Gasteiger partial charge in [0.1, 0.15) is 10.7 Å². The maximum atomic E-state index is 12.8. The SMILES string of the molecule is O=C(NCc1ccccc1)c1cccc(NC2=C(Cl)C(=O)N(c3ccccc3)C2=O)c1. The standard InChI is InChI=1S/C24H18ClN3O3/c25-20-21(24(31)28(23(20)30)19-12-5-2-6-13-19)27-18-11-7-10-17(14-18)22(29)26-15-16-8-3-1-4-9-16/h1-14,27H,15H2,(H,26,29). The van der Waals surface area contributed by atoms with Crippen LogP contribution in [0.1, 0.15) is 15.9 Å². The monoisotopic (exact) mass is 431 g/mol. The molecular formula is C24H18ClN3O3. The van der Waals surface area contributed by atoms with Gasteiger partial charge in [0.25, 0.3) is 17.7 Å². The average molecular weight is 432 g/mol. The molecule has 0 unspecified atom stereocenters. The van der Waals surface area contributed by atoms with Crippen LogP contribution in [0.2, 0.25) is 0 Å². The molecular weight excluding hydrogens is 414 g/mol. The molecule has 1 aliphatic rings. The quantitative estimate of drug-likeness (QED) is 0.577. The van der Waals surface area contributed by atoms with Gasteiger partial charge in [-0.1, -0.05) is 66.2 Å². The minimum Gasteiger partial charge on any atom is -0.350 e. The first-order valence-corrected chi connectivity index (χ1v) is 9.95. The van der Waals surface area contributed by atoms with Crippen LogP contribution in [0.5, 0.6) is 0 Å². The fourth-order valence-electron chi connectivity index (χ4n) is 3.19. The third-order valence-corrected chi connectivity index (χ3v) is 5.08. The molecule has 0 saturated heterocycles. The topological polar surface area (TPSA) is 78.5 Å². The lowest BCUT2D eigenvalue weighted by atomic mass is 10.1. The van der Waals surface area contributed by atoms with Gasteiger partial charge in [-0.3, -0.25) is 14.4 Å². The molecule has 0 aromatic heterocycles. The van der Waals surface area contributed by atoms with E-state index in [0.717, 1.165) is 10.5 Å². The van der Waals surface area contributed by atoms with Crippen LogP contribution >= 0.6 is 11.6 Å². The summed E-state index contributed by atoms with van der Waals surface area (Å²) >= 11 is 6.16. The number of nitrogens with zero attached hydrogens (tertiary/aromatic N) is 1. The Balaban J connectivity index is 1.49. The van der Waals surface area contributed by atoms with Crippen molar-refractivity contribution in [3.63, 3.8) is 0 Å². The largest absolute Gasteiger partial charge is 0.350 e. The van der Waals surface area contributed by atoms with Crippen molar-refractivity contribution in [2.75, 3.05) is 10.2 Å². The Morgan fingerprint density at radius 3 is 2.23 bits per heavy atom. The molecule has 7 heteroatoms. The van der Waals surface area contributed by atoms with E-state index in [4.69, 9.17) is 11.6 Å². The second-order valence-corrected chi connectivity index (χ2v) is 7.22. The van der Waals surface area contributed by atoms with E-state index in [1.54, 1.807) is 54.6 Å². The van der Waals surface area contributed by atoms with Crippen molar-refractivity contribution < 1.29 is 14.4 Å². The fraction of sp³-hybridized carbons (Fsp3) is 0.0417. The highest BCUT2D eigenvalue weighted by Crippen LogP contribution is 2.30. The highest BCUT2D eigenvalue weighted by atomic mass is 35.5. The lowest BCUT2D eigenvalue weighted by Crippen LogP contribution is -2.32. The van der Waals surface area contributed by atoms with E-state index in [2.05, 4.69) is 10.6 Å². The van der Waals surface area contributed by atoms with Crippen LogP contribution in [-0.4, -0.2) is 17.7 Å². The highest BCUT2D eigenvalue weighted by Gasteiger charge is 2.38. The molecule has 3 aromatic carbocycles. The Kier molecular flexibility index (Phi) is 5.82. The fourth-order valence-corrected chi connectivity index (χ4v) is 3.40. The maximum absolute atomic E-state index is 12.8. The van der Waals surface area contributed by atoms with Crippen LogP contribution in [0.4, 0.5) is 11.4 Å². The van der Waals surface area contributed by atoms with E-state index in [0.29, 0.717) is 23.5 Å². The Bertz CT molecular complexity index is 1180. The molecule has 1 aliphatic heterocycles. The number of nitrogens with one attached hydrogen (secondary N) is 2. The van der Waals surface area contributed by atoms with E-state index in [9.17, 15) is 14.4 Å². The Morgan fingerprint density at radius 2 is 1.52 bits per heavy atom. The number of rotatable bonds is 6. The Hall–Kier alpha value is -3.90. The van der Waals surface area contributed by atoms with Crippen LogP contribution in [0, 0.1) is 0 Å². The van der Waals surface area contributed by atoms with E-state index in [1.165, 1.54) is 0 Å². The third-order valence-electron chi connectivity index (χ3n) is 4.73. The van der Waals surface area contributed by atoms with E-state index < -0.39 is 11.8 Å². The number of carbonyl (C=O) groups excluding carboxylic acids is 3. The number of anilines is 2. The van der Waals surface area contributed by atoms with Crippen molar-refractivity contribution in [3.8, 4) is 0 Å². The number of benzene rings is 3. The lowest BCUT2D eigenvalue weighted by molar-refractivity contribution is -0.120. The molecule has 6 nitrogen and oxygen atoms in total. The molecule has 0 spiro atoms. The zero-order chi connectivity index (χ0) is 21.8. The molecule has 3 aromatic rings. The number of hydrogen-bond acceptors (Lipinski definition) is 4. The molecule has 0 atom stereocenters. The maximum Gasteiger partial charge on any atom is 0.283 e. The molecule has 0 aliphatic carbocycles. The van der Waals surface area contributed by atoms with Gasteiger partial charge >= 0.3 is 0 Å². The van der Waals surface area contributed by atoms with Crippen molar-refractivity contribution in [2.24, 2.45) is 0 Å². The molecule has 0 radical (unpaired) electrons. The molecule has 31 heavy (non-hydrogen) atoms. The van der Waals surface area contributed by atoms with Crippen LogP contribution < -0.4 is 15.5 Å². The van der Waals surface area contributed by atoms with Crippen LogP contribution in [-0.2, 0) is 16.1 Å². The van der Waals surface area contributed by atoms with Crippen LogP contribution in [0.3, 0.4) is 0 Å². The van der Waals surface area contributed by atoms with E-state index in [-0.39, 0.29) is 16.6 Å². The van der Waals surface area contributed by atoms with Gasteiger partial charge in [-0.15, -0.1) is 0 Å². The lowest BCUT2D eigenvalue weighted by Gasteiger charge is -2.15. The summed E-state index contributed by atoms with van der Waals surface area (Å²) in [4.78, 5) is 38.9. The zero-order valence-electron chi connectivity index (χ0n) is 16.3. The summed E-state index contributed by atoms with van der Waals surface area (Å²) in [7, 11) is 0. The third kappa shape index (κ3) is 4.34. The first-order chi connectivity index (χ1) is 15.0. The second kappa shape index (κ2) is 8.85. The van der Waals surface area contributed by atoms with Gasteiger partial charge in [0.05, 0.1) is 5.69 Å². The van der Waals surface area contributed by atoms with Gasteiger partial charge in [0.2, 0.25) is 0 Å². The van der Waals surface area contributed by atoms with Gasteiger partial charge < -0.3 is 10.6 Å². The molecule has 0 bridgehead atoms. The second-order valence-electron chi connectivity index (χ2n) is 6.84. The van der Waals surface area contributed by atoms with E-state index >= 15 is 0 Å². The smallest absolute Gasteiger partial charge is 0.283 e. The van der Waals surface area contributed by atoms with Gasteiger partial charge in [-0.2, -0.15) is 0 Å². The molecule has 154 valence electrons. The summed E-state index contributed by atoms with van der Waals surface area (Å²) < 4.78 is 0. The Morgan fingerprint density at radius 1 is 0.839 bits per heavy atom. The molecule has 3 amide bonds. The van der Waals surface area contributed by atoms with Gasteiger partial charge in [-0.05, 0) is 35.9 Å². The summed E-state index contributed by atoms with van der Waals surface area (Å²) in [6, 6.07) is 24.8. The minimum absolute atomic E-state index is 0.0302. The molecule has 4 rings (SSSR count). The van der Waals surface area contributed by atoms with Crippen LogP contribution in [0.15, 0.2) is 95.7 Å². The van der Waals surface area contributed by atoms with Crippen molar-refractivity contribution in [1.29, 1.82) is 0 Å². The van der Waals surface area contributed by atoms with Crippen molar-refractivity contribution in [1.82, 2.24) is 5.32 Å². The summed E-state index contributed by atoms with van der Waals surface area (Å²) in [6.45, 7) is 0.396. The van der Waals surface area contributed by atoms with Crippen molar-refractivity contribution >= 4 is 40.7 Å². The number of imide groups is 1. The van der Waals surface area contributed by atoms with Crippen LogP contribution in [0.25, 0.3) is 0 Å². The normalized spacial score (nSPS) is 13.5. The molecule has 0 saturated carbocycles. The average Bonchev–Trinajstić information content (AvgIpc) is 3.02. The first-order valence-electron chi connectivity index (χ1n) is 9.57. The minimum atomic E-state index is -0.600.